The fourth-order valence-corrected chi connectivity index (χ4v) is 11.6. The molecule has 10 aromatic carbocycles. The van der Waals surface area contributed by atoms with E-state index in [1.165, 1.54) is 0 Å². The van der Waals surface area contributed by atoms with E-state index in [1.54, 1.807) is 12.1 Å². The standard InChI is InChI=1S/C63H35F6N5/c64-62(65,66)38-25-28-49(50(33-38)63(67,68)69)61-59(73-55-23-11-5-17-45(55)47-29-26-39(34-57(47)73)71-51-19-7-1-13-41(51)42-14-2-8-20-52(42)71)31-37(36-70)32-60(61)74-56-24-12-6-18-46(56)48-30-27-40(35-58(48)74)72-53-21-9-3-15-43(53)44-16-4-10-22-54(44)72/h1-35H. The number of alkyl halides is 6. The van der Waals surface area contributed by atoms with Gasteiger partial charge < -0.3 is 18.3 Å². The second-order valence-corrected chi connectivity index (χ2v) is 18.6. The summed E-state index contributed by atoms with van der Waals surface area (Å²) in [7, 11) is 0. The Morgan fingerprint density at radius 2 is 0.662 bits per heavy atom. The van der Waals surface area contributed by atoms with Crippen molar-refractivity contribution in [3.05, 3.63) is 229 Å². The molecule has 14 rings (SSSR count). The molecule has 354 valence electrons. The molecule has 0 amide bonds. The Morgan fingerprint density at radius 1 is 0.324 bits per heavy atom. The quantitative estimate of drug-likeness (QED) is 0.159. The summed E-state index contributed by atoms with van der Waals surface area (Å²) < 4.78 is 99.4. The van der Waals surface area contributed by atoms with Gasteiger partial charge in [-0.05, 0) is 90.5 Å². The zero-order valence-electron chi connectivity index (χ0n) is 38.7. The van der Waals surface area contributed by atoms with Crippen LogP contribution in [0, 0.1) is 11.3 Å². The first kappa shape index (κ1) is 43.3. The van der Waals surface area contributed by atoms with E-state index in [9.17, 15) is 18.4 Å². The Kier molecular flexibility index (Phi) is 9.20. The zero-order valence-corrected chi connectivity index (χ0v) is 38.7. The Bertz CT molecular complexity index is 4370. The normalized spacial score (nSPS) is 12.4. The van der Waals surface area contributed by atoms with Crippen molar-refractivity contribution >= 4 is 87.2 Å². The molecule has 0 aliphatic rings. The lowest BCUT2D eigenvalue weighted by atomic mass is 9.92. The average molecular weight is 976 g/mol. The third kappa shape index (κ3) is 6.31. The largest absolute Gasteiger partial charge is 0.417 e. The van der Waals surface area contributed by atoms with E-state index in [4.69, 9.17) is 0 Å². The number of fused-ring (bicyclic) bond motifs is 12. The summed E-state index contributed by atoms with van der Waals surface area (Å²) in [6.07, 6.45) is -10.3. The zero-order chi connectivity index (χ0) is 50.2. The molecule has 5 nitrogen and oxygen atoms in total. The number of hydrogen-bond acceptors (Lipinski definition) is 1. The topological polar surface area (TPSA) is 43.5 Å². The molecule has 4 heterocycles. The Morgan fingerprint density at radius 3 is 1.00 bits per heavy atom. The highest BCUT2D eigenvalue weighted by molar-refractivity contribution is 6.15. The van der Waals surface area contributed by atoms with Gasteiger partial charge in [-0.2, -0.15) is 31.6 Å². The van der Waals surface area contributed by atoms with E-state index in [0.717, 1.165) is 82.6 Å². The van der Waals surface area contributed by atoms with Crippen LogP contribution in [-0.4, -0.2) is 18.3 Å². The number of nitrogens with zero attached hydrogens (tertiary/aromatic N) is 5. The van der Waals surface area contributed by atoms with Crippen molar-refractivity contribution in [1.82, 2.24) is 18.3 Å². The molecule has 0 fully saturated rings. The number of para-hydroxylation sites is 6. The number of benzene rings is 10. The van der Waals surface area contributed by atoms with E-state index in [1.807, 2.05) is 167 Å². The summed E-state index contributed by atoms with van der Waals surface area (Å²) in [5.74, 6) is 0. The minimum absolute atomic E-state index is 0.0279. The molecule has 74 heavy (non-hydrogen) atoms. The summed E-state index contributed by atoms with van der Waals surface area (Å²) in [5, 5.41) is 18.3. The molecule has 0 aliphatic heterocycles. The average Bonchev–Trinajstić information content (AvgIpc) is 4.14. The van der Waals surface area contributed by atoms with Crippen LogP contribution in [0.3, 0.4) is 0 Å². The molecule has 4 aromatic heterocycles. The first-order valence-electron chi connectivity index (χ1n) is 23.9. The Balaban J connectivity index is 1.15. The Hall–Kier alpha value is -9.53. The second kappa shape index (κ2) is 15.7. The van der Waals surface area contributed by atoms with Gasteiger partial charge in [-0.15, -0.1) is 0 Å². The van der Waals surface area contributed by atoms with Crippen LogP contribution in [0.4, 0.5) is 26.3 Å². The third-order valence-corrected chi connectivity index (χ3v) is 14.6. The van der Waals surface area contributed by atoms with E-state index in [2.05, 4.69) is 39.5 Å². The summed E-state index contributed by atoms with van der Waals surface area (Å²) in [5.41, 5.74) is 4.74. The molecule has 0 bridgehead atoms. The van der Waals surface area contributed by atoms with Crippen LogP contribution in [0.15, 0.2) is 212 Å². The van der Waals surface area contributed by atoms with E-state index in [-0.39, 0.29) is 28.6 Å². The molecule has 0 radical (unpaired) electrons. The fraction of sp³-hybridized carbons (Fsp3) is 0.0317. The summed E-state index contributed by atoms with van der Waals surface area (Å²) >= 11 is 0. The number of hydrogen-bond donors (Lipinski definition) is 0. The lowest BCUT2D eigenvalue weighted by Gasteiger charge is -2.24. The van der Waals surface area contributed by atoms with Crippen LogP contribution in [-0.2, 0) is 12.4 Å². The summed E-state index contributed by atoms with van der Waals surface area (Å²) in [6, 6.07) is 66.5. The predicted octanol–water partition coefficient (Wildman–Crippen LogP) is 17.7. The van der Waals surface area contributed by atoms with Crippen molar-refractivity contribution in [2.45, 2.75) is 12.4 Å². The lowest BCUT2D eigenvalue weighted by molar-refractivity contribution is -0.142. The molecule has 0 saturated heterocycles. The molecule has 0 spiro atoms. The minimum Gasteiger partial charge on any atom is -0.309 e. The van der Waals surface area contributed by atoms with Gasteiger partial charge in [0.15, 0.2) is 0 Å². The van der Waals surface area contributed by atoms with Gasteiger partial charge in [0.1, 0.15) is 0 Å². The summed E-state index contributed by atoms with van der Waals surface area (Å²) in [4.78, 5) is 0. The number of aromatic nitrogens is 4. The second-order valence-electron chi connectivity index (χ2n) is 18.6. The van der Waals surface area contributed by atoms with Gasteiger partial charge in [-0.1, -0.05) is 127 Å². The fourth-order valence-electron chi connectivity index (χ4n) is 11.6. The van der Waals surface area contributed by atoms with Crippen LogP contribution >= 0.6 is 0 Å². The molecule has 11 heteroatoms. The van der Waals surface area contributed by atoms with E-state index >= 15 is 13.2 Å². The van der Waals surface area contributed by atoms with Gasteiger partial charge in [-0.3, -0.25) is 0 Å². The molecule has 14 aromatic rings. The van der Waals surface area contributed by atoms with Crippen molar-refractivity contribution in [2.24, 2.45) is 0 Å². The first-order chi connectivity index (χ1) is 36.0. The maximum atomic E-state index is 15.9. The highest BCUT2D eigenvalue weighted by atomic mass is 19.4. The first-order valence-corrected chi connectivity index (χ1v) is 23.9. The molecule has 0 atom stereocenters. The van der Waals surface area contributed by atoms with Crippen LogP contribution in [0.5, 0.6) is 0 Å². The third-order valence-electron chi connectivity index (χ3n) is 14.6. The predicted molar refractivity (Wildman–Crippen MR) is 284 cm³/mol. The van der Waals surface area contributed by atoms with Gasteiger partial charge in [0.25, 0.3) is 0 Å². The molecule has 0 saturated carbocycles. The van der Waals surface area contributed by atoms with Crippen LogP contribution in [0.2, 0.25) is 0 Å². The maximum absolute atomic E-state index is 15.9. The molecular formula is C63H35F6N5. The minimum atomic E-state index is -5.26. The number of nitriles is 1. The van der Waals surface area contributed by atoms with Crippen LogP contribution in [0.1, 0.15) is 16.7 Å². The highest BCUT2D eigenvalue weighted by Crippen LogP contribution is 2.49. The van der Waals surface area contributed by atoms with Crippen LogP contribution < -0.4 is 0 Å². The van der Waals surface area contributed by atoms with Crippen molar-refractivity contribution in [2.75, 3.05) is 0 Å². The molecule has 0 N–H and O–H groups in total. The van der Waals surface area contributed by atoms with Crippen molar-refractivity contribution < 1.29 is 26.3 Å². The van der Waals surface area contributed by atoms with E-state index in [0.29, 0.717) is 28.1 Å². The van der Waals surface area contributed by atoms with Gasteiger partial charge in [0.05, 0.1) is 78.3 Å². The van der Waals surface area contributed by atoms with Gasteiger partial charge in [-0.25, -0.2) is 0 Å². The SMILES string of the molecule is N#Cc1cc(-n2c3ccccc3c3ccc(-n4c5ccccc5c5ccccc54)cc32)c(-c2ccc(C(F)(F)F)cc2C(F)(F)F)c(-n2c3ccccc3c3ccc(-n4c5ccccc5c5ccccc54)cc32)c1. The number of halogens is 6. The maximum Gasteiger partial charge on any atom is 0.417 e. The molecule has 0 aliphatic carbocycles. The van der Waals surface area contributed by atoms with Crippen molar-refractivity contribution in [3.8, 4) is 39.9 Å². The smallest absolute Gasteiger partial charge is 0.309 e. The van der Waals surface area contributed by atoms with Crippen molar-refractivity contribution in [1.29, 1.82) is 5.26 Å². The van der Waals surface area contributed by atoms with E-state index < -0.39 is 29.0 Å². The monoisotopic (exact) mass is 975 g/mol. The van der Waals surface area contributed by atoms with Gasteiger partial charge in [0, 0.05) is 60.0 Å². The summed E-state index contributed by atoms with van der Waals surface area (Å²) in [6.45, 7) is 0. The highest BCUT2D eigenvalue weighted by Gasteiger charge is 2.40. The molecular weight excluding hydrogens is 941 g/mol. The van der Waals surface area contributed by atoms with Crippen LogP contribution in [0.25, 0.3) is 121 Å². The lowest BCUT2D eigenvalue weighted by Crippen LogP contribution is -2.14. The van der Waals surface area contributed by atoms with Gasteiger partial charge in [0.2, 0.25) is 0 Å². The number of rotatable bonds is 5. The van der Waals surface area contributed by atoms with Gasteiger partial charge >= 0.3 is 12.4 Å². The Labute approximate surface area is 416 Å². The molecule has 0 unspecified atom stereocenters. The van der Waals surface area contributed by atoms with Crippen molar-refractivity contribution in [3.63, 3.8) is 0 Å².